The fourth-order valence-corrected chi connectivity index (χ4v) is 8.60. The predicted molar refractivity (Wildman–Crippen MR) is 227 cm³/mol. The van der Waals surface area contributed by atoms with Crippen molar-refractivity contribution in [1.29, 1.82) is 0 Å². The number of rotatable bonds is 41. The van der Waals surface area contributed by atoms with Crippen molar-refractivity contribution in [3.8, 4) is 0 Å². The highest BCUT2D eigenvalue weighted by Crippen LogP contribution is 2.34. The zero-order valence-electron chi connectivity index (χ0n) is 36.0. The number of hydrogen-bond donors (Lipinski definition) is 0. The second kappa shape index (κ2) is 36.3. The van der Waals surface area contributed by atoms with Gasteiger partial charge in [0.05, 0.1) is 0 Å². The van der Waals surface area contributed by atoms with E-state index in [4.69, 9.17) is 0 Å². The van der Waals surface area contributed by atoms with Gasteiger partial charge in [-0.05, 0) is 53.5 Å². The Morgan fingerprint density at radius 3 is 0.653 bits per heavy atom. The quantitative estimate of drug-likeness (QED) is 0.0578. The zero-order valence-corrected chi connectivity index (χ0v) is 36.0. The van der Waals surface area contributed by atoms with E-state index >= 15 is 0 Å². The number of nitrogens with zero attached hydrogens (tertiary/aromatic N) is 1. The molecule has 0 aromatic rings. The van der Waals surface area contributed by atoms with E-state index in [1.54, 1.807) is 0 Å². The van der Waals surface area contributed by atoms with Crippen molar-refractivity contribution in [3.05, 3.63) is 0 Å². The Hall–Kier alpha value is -0.0400. The summed E-state index contributed by atoms with van der Waals surface area (Å²) in [5.74, 6) is 0. The SMILES string of the molecule is CCCCCCCCCCCCCCN(C(C)(C)CCCCCCCCCCCCCC)C(C)(C)CCCCCCCCCCCCCC. The van der Waals surface area contributed by atoms with Crippen LogP contribution in [0, 0.1) is 0 Å². The third-order valence-corrected chi connectivity index (χ3v) is 12.0. The Morgan fingerprint density at radius 2 is 0.429 bits per heavy atom. The standard InChI is InChI=1S/C48H99N/c1-8-11-14-17-20-23-26-29-32-35-38-41-44-47(4,5)49(46-43-40-37-34-31-28-25-22-19-16-13-10-3)48(6,7)45-42-39-36-33-30-27-24-21-18-15-12-9-2/h8-46H2,1-7H3. The molecular formula is C48H99N. The molecule has 0 fully saturated rings. The molecule has 0 rings (SSSR count). The summed E-state index contributed by atoms with van der Waals surface area (Å²) in [6.45, 7) is 18.6. The van der Waals surface area contributed by atoms with E-state index < -0.39 is 0 Å². The molecular weight excluding hydrogens is 591 g/mol. The molecule has 296 valence electrons. The predicted octanol–water partition coefficient (Wildman–Crippen LogP) is 17.7. The molecule has 0 unspecified atom stereocenters. The molecule has 0 aliphatic rings. The Morgan fingerprint density at radius 1 is 0.245 bits per heavy atom. The Bertz CT molecular complexity index is 581. The van der Waals surface area contributed by atoms with Crippen LogP contribution in [0.5, 0.6) is 0 Å². The van der Waals surface area contributed by atoms with Gasteiger partial charge in [0, 0.05) is 11.1 Å². The Balaban J connectivity index is 4.52. The molecule has 0 amide bonds. The molecule has 0 saturated heterocycles. The minimum absolute atomic E-state index is 0.302. The van der Waals surface area contributed by atoms with Gasteiger partial charge in [-0.25, -0.2) is 0 Å². The first kappa shape index (κ1) is 49.0. The lowest BCUT2D eigenvalue weighted by atomic mass is 9.85. The Labute approximate surface area is 314 Å². The van der Waals surface area contributed by atoms with Crippen molar-refractivity contribution in [1.82, 2.24) is 4.90 Å². The maximum absolute atomic E-state index is 2.99. The van der Waals surface area contributed by atoms with Gasteiger partial charge < -0.3 is 0 Å². The average Bonchev–Trinajstić information content (AvgIpc) is 3.07. The van der Waals surface area contributed by atoms with Crippen LogP contribution in [-0.4, -0.2) is 22.5 Å². The summed E-state index contributed by atoms with van der Waals surface area (Å²) in [4.78, 5) is 2.99. The van der Waals surface area contributed by atoms with Gasteiger partial charge >= 0.3 is 0 Å². The monoisotopic (exact) mass is 690 g/mol. The molecule has 0 saturated carbocycles. The summed E-state index contributed by atoms with van der Waals surface area (Å²) < 4.78 is 0. The van der Waals surface area contributed by atoms with Crippen LogP contribution in [0.15, 0.2) is 0 Å². The molecule has 0 aromatic heterocycles. The molecule has 0 aromatic carbocycles. The van der Waals surface area contributed by atoms with Crippen LogP contribution in [0.1, 0.15) is 292 Å². The summed E-state index contributed by atoms with van der Waals surface area (Å²) in [7, 11) is 0. The molecule has 0 aliphatic carbocycles. The summed E-state index contributed by atoms with van der Waals surface area (Å²) in [6, 6.07) is 0. The van der Waals surface area contributed by atoms with Crippen molar-refractivity contribution < 1.29 is 0 Å². The van der Waals surface area contributed by atoms with Crippen molar-refractivity contribution in [2.75, 3.05) is 6.54 Å². The van der Waals surface area contributed by atoms with Crippen LogP contribution in [-0.2, 0) is 0 Å². The van der Waals surface area contributed by atoms with Crippen molar-refractivity contribution in [2.24, 2.45) is 0 Å². The lowest BCUT2D eigenvalue weighted by Gasteiger charge is -2.49. The van der Waals surface area contributed by atoms with Gasteiger partial charge in [0.2, 0.25) is 0 Å². The molecule has 0 atom stereocenters. The van der Waals surface area contributed by atoms with Crippen LogP contribution >= 0.6 is 0 Å². The normalized spacial score (nSPS) is 12.5. The Kier molecular flexibility index (Phi) is 36.3. The van der Waals surface area contributed by atoms with Crippen LogP contribution in [0.2, 0.25) is 0 Å². The number of hydrogen-bond acceptors (Lipinski definition) is 1. The average molecular weight is 690 g/mol. The minimum Gasteiger partial charge on any atom is -0.293 e. The summed E-state index contributed by atoms with van der Waals surface area (Å²) in [5, 5.41) is 0. The molecule has 1 nitrogen and oxygen atoms in total. The van der Waals surface area contributed by atoms with Crippen LogP contribution in [0.4, 0.5) is 0 Å². The number of unbranched alkanes of at least 4 members (excludes halogenated alkanes) is 33. The highest BCUT2D eigenvalue weighted by atomic mass is 15.2. The highest BCUT2D eigenvalue weighted by molar-refractivity contribution is 4.92. The lowest BCUT2D eigenvalue weighted by molar-refractivity contribution is 0.00151. The van der Waals surface area contributed by atoms with Gasteiger partial charge in [0.1, 0.15) is 0 Å². The molecule has 0 bridgehead atoms. The van der Waals surface area contributed by atoms with Gasteiger partial charge in [-0.1, -0.05) is 245 Å². The topological polar surface area (TPSA) is 3.24 Å². The zero-order chi connectivity index (χ0) is 36.2. The van der Waals surface area contributed by atoms with Gasteiger partial charge in [0.15, 0.2) is 0 Å². The summed E-state index contributed by atoms with van der Waals surface area (Å²) >= 11 is 0. The molecule has 1 heteroatoms. The van der Waals surface area contributed by atoms with Crippen LogP contribution in [0.25, 0.3) is 0 Å². The van der Waals surface area contributed by atoms with Crippen LogP contribution < -0.4 is 0 Å². The third-order valence-electron chi connectivity index (χ3n) is 12.0. The highest BCUT2D eigenvalue weighted by Gasteiger charge is 2.36. The first-order valence-electron chi connectivity index (χ1n) is 23.6. The van der Waals surface area contributed by atoms with Gasteiger partial charge in [-0.3, -0.25) is 4.90 Å². The first-order valence-corrected chi connectivity index (χ1v) is 23.6. The fourth-order valence-electron chi connectivity index (χ4n) is 8.60. The second-order valence-corrected chi connectivity index (χ2v) is 17.9. The van der Waals surface area contributed by atoms with E-state index in [0.717, 1.165) is 0 Å². The van der Waals surface area contributed by atoms with Gasteiger partial charge in [-0.2, -0.15) is 0 Å². The van der Waals surface area contributed by atoms with Crippen molar-refractivity contribution >= 4 is 0 Å². The van der Waals surface area contributed by atoms with Gasteiger partial charge in [-0.15, -0.1) is 0 Å². The maximum Gasteiger partial charge on any atom is 0.0158 e. The lowest BCUT2D eigenvalue weighted by Crippen LogP contribution is -2.55. The molecule has 0 heterocycles. The molecule has 0 aliphatic heterocycles. The van der Waals surface area contributed by atoms with Crippen molar-refractivity contribution in [3.63, 3.8) is 0 Å². The van der Waals surface area contributed by atoms with E-state index in [-0.39, 0.29) is 0 Å². The van der Waals surface area contributed by atoms with Crippen molar-refractivity contribution in [2.45, 2.75) is 304 Å². The molecule has 49 heavy (non-hydrogen) atoms. The summed E-state index contributed by atoms with van der Waals surface area (Å²) in [5.41, 5.74) is 0.605. The van der Waals surface area contributed by atoms with Gasteiger partial charge in [0.25, 0.3) is 0 Å². The van der Waals surface area contributed by atoms with E-state index in [2.05, 4.69) is 53.4 Å². The third kappa shape index (κ3) is 32.4. The van der Waals surface area contributed by atoms with E-state index in [0.29, 0.717) is 11.1 Å². The smallest absolute Gasteiger partial charge is 0.0158 e. The largest absolute Gasteiger partial charge is 0.293 e. The minimum atomic E-state index is 0.302. The van der Waals surface area contributed by atoms with Crippen LogP contribution in [0.3, 0.4) is 0 Å². The molecule has 0 radical (unpaired) electrons. The second-order valence-electron chi connectivity index (χ2n) is 17.9. The fraction of sp³-hybridized carbons (Fsp3) is 1.00. The van der Waals surface area contributed by atoms with E-state index in [1.807, 2.05) is 0 Å². The van der Waals surface area contributed by atoms with E-state index in [1.165, 1.54) is 251 Å². The first-order chi connectivity index (χ1) is 23.8. The maximum atomic E-state index is 2.99. The van der Waals surface area contributed by atoms with E-state index in [9.17, 15) is 0 Å². The summed E-state index contributed by atoms with van der Waals surface area (Å²) in [6.07, 6.45) is 54.8. The molecule has 0 spiro atoms. The molecule has 0 N–H and O–H groups in total.